The number of hydrogen-bond acceptors (Lipinski definition) is 3. The third-order valence-corrected chi connectivity index (χ3v) is 4.22. The fraction of sp³-hybridized carbons (Fsp3) is 0.300. The van der Waals surface area contributed by atoms with Gasteiger partial charge in [0, 0.05) is 18.2 Å². The van der Waals surface area contributed by atoms with Crippen LogP contribution < -0.4 is 4.74 Å². The first kappa shape index (κ1) is 17.9. The molecule has 1 N–H and O–H groups in total. The lowest BCUT2D eigenvalue weighted by Crippen LogP contribution is -2.35. The van der Waals surface area contributed by atoms with E-state index in [2.05, 4.69) is 0 Å². The number of carboxylic acid groups (broad SMARTS) is 1. The Morgan fingerprint density at radius 1 is 1.15 bits per heavy atom. The van der Waals surface area contributed by atoms with Gasteiger partial charge in [0.05, 0.1) is 0 Å². The molecule has 1 amide bonds. The molecule has 6 heteroatoms. The molecular formula is C20H20FNO4. The van der Waals surface area contributed by atoms with Crippen LogP contribution in [0.3, 0.4) is 0 Å². The highest BCUT2D eigenvalue weighted by Crippen LogP contribution is 2.29. The first-order valence-corrected chi connectivity index (χ1v) is 8.53. The van der Waals surface area contributed by atoms with Crippen LogP contribution >= 0.6 is 0 Å². The lowest BCUT2D eigenvalue weighted by Gasteiger charge is -2.23. The number of amides is 1. The molecule has 0 aromatic heterocycles. The molecule has 1 fully saturated rings. The maximum atomic E-state index is 13.3. The van der Waals surface area contributed by atoms with Crippen LogP contribution in [0.1, 0.15) is 28.8 Å². The van der Waals surface area contributed by atoms with Crippen molar-refractivity contribution in [1.82, 2.24) is 4.90 Å². The van der Waals surface area contributed by atoms with E-state index in [0.717, 1.165) is 18.4 Å². The van der Waals surface area contributed by atoms with Crippen molar-refractivity contribution in [3.63, 3.8) is 0 Å². The molecule has 1 aliphatic carbocycles. The average Bonchev–Trinajstić information content (AvgIpc) is 3.45. The monoisotopic (exact) mass is 357 g/mol. The van der Waals surface area contributed by atoms with Gasteiger partial charge in [-0.05, 0) is 55.2 Å². The van der Waals surface area contributed by atoms with Gasteiger partial charge in [-0.25, -0.2) is 9.18 Å². The summed E-state index contributed by atoms with van der Waals surface area (Å²) in [5.41, 5.74) is 1.31. The average molecular weight is 357 g/mol. The zero-order valence-corrected chi connectivity index (χ0v) is 14.2. The van der Waals surface area contributed by atoms with Crippen LogP contribution in [0.15, 0.2) is 48.5 Å². The van der Waals surface area contributed by atoms with E-state index in [1.807, 2.05) is 6.07 Å². The van der Waals surface area contributed by atoms with E-state index < -0.39 is 12.6 Å². The zero-order chi connectivity index (χ0) is 18.5. The van der Waals surface area contributed by atoms with Crippen molar-refractivity contribution in [2.45, 2.75) is 25.3 Å². The van der Waals surface area contributed by atoms with Gasteiger partial charge in [-0.15, -0.1) is 0 Å². The van der Waals surface area contributed by atoms with Crippen molar-refractivity contribution in [1.29, 1.82) is 0 Å². The number of ether oxygens (including phenoxy) is 1. The summed E-state index contributed by atoms with van der Waals surface area (Å²) in [6.07, 6.45) is 2.50. The molecule has 0 bridgehead atoms. The molecule has 0 aliphatic heterocycles. The van der Waals surface area contributed by atoms with Gasteiger partial charge in [0.1, 0.15) is 11.6 Å². The first-order chi connectivity index (χ1) is 12.5. The molecule has 26 heavy (non-hydrogen) atoms. The summed E-state index contributed by atoms with van der Waals surface area (Å²) in [6.45, 7) is 0.0523. The number of aliphatic carboxylic acids is 1. The number of nitrogens with zero attached hydrogens (tertiary/aromatic N) is 1. The van der Waals surface area contributed by atoms with Gasteiger partial charge in [-0.3, -0.25) is 4.79 Å². The maximum absolute atomic E-state index is 13.3. The van der Waals surface area contributed by atoms with E-state index in [0.29, 0.717) is 24.3 Å². The summed E-state index contributed by atoms with van der Waals surface area (Å²) in [5.74, 6) is -1.13. The van der Waals surface area contributed by atoms with Crippen LogP contribution in [0, 0.1) is 5.82 Å². The molecule has 0 saturated heterocycles. The molecule has 0 atom stereocenters. The molecule has 0 spiro atoms. The highest BCUT2D eigenvalue weighted by atomic mass is 19.1. The van der Waals surface area contributed by atoms with Crippen molar-refractivity contribution in [2.75, 3.05) is 13.2 Å². The smallest absolute Gasteiger partial charge is 0.341 e. The number of benzene rings is 2. The van der Waals surface area contributed by atoms with Gasteiger partial charge in [0.25, 0.3) is 5.91 Å². The molecule has 0 unspecified atom stereocenters. The number of halogens is 1. The number of carboxylic acids is 1. The van der Waals surface area contributed by atoms with E-state index in [-0.39, 0.29) is 17.8 Å². The van der Waals surface area contributed by atoms with Crippen molar-refractivity contribution in [2.24, 2.45) is 0 Å². The third-order valence-electron chi connectivity index (χ3n) is 4.22. The van der Waals surface area contributed by atoms with E-state index in [1.54, 1.807) is 35.2 Å². The normalized spacial score (nSPS) is 13.3. The Morgan fingerprint density at radius 2 is 1.92 bits per heavy atom. The Balaban J connectivity index is 1.69. The number of rotatable bonds is 8. The molecular weight excluding hydrogens is 337 g/mol. The van der Waals surface area contributed by atoms with Crippen LogP contribution in [0.2, 0.25) is 0 Å². The second-order valence-corrected chi connectivity index (χ2v) is 6.32. The predicted molar refractivity (Wildman–Crippen MR) is 93.7 cm³/mol. The summed E-state index contributed by atoms with van der Waals surface area (Å²) in [6, 6.07) is 13.1. The summed E-state index contributed by atoms with van der Waals surface area (Å²) in [4.78, 5) is 25.3. The summed E-state index contributed by atoms with van der Waals surface area (Å²) >= 11 is 0. The second kappa shape index (κ2) is 7.99. The highest BCUT2D eigenvalue weighted by molar-refractivity contribution is 5.95. The van der Waals surface area contributed by atoms with Gasteiger partial charge in [0.15, 0.2) is 6.61 Å². The fourth-order valence-electron chi connectivity index (χ4n) is 2.81. The van der Waals surface area contributed by atoms with Gasteiger partial charge < -0.3 is 14.7 Å². The standard InChI is InChI=1S/C20H20FNO4/c21-16-5-1-3-14(11-16)9-10-22(17-7-8-17)20(25)15-4-2-6-18(12-15)26-13-19(23)24/h1-6,11-12,17H,7-10,13H2,(H,23,24). The van der Waals surface area contributed by atoms with Crippen LogP contribution in [0.5, 0.6) is 5.75 Å². The Labute approximate surface area is 151 Å². The topological polar surface area (TPSA) is 66.8 Å². The maximum Gasteiger partial charge on any atom is 0.341 e. The van der Waals surface area contributed by atoms with Crippen molar-refractivity contribution in [3.05, 3.63) is 65.5 Å². The Hall–Kier alpha value is -2.89. The second-order valence-electron chi connectivity index (χ2n) is 6.32. The van der Waals surface area contributed by atoms with Gasteiger partial charge >= 0.3 is 5.97 Å². The van der Waals surface area contributed by atoms with E-state index in [4.69, 9.17) is 9.84 Å². The van der Waals surface area contributed by atoms with Gasteiger partial charge in [-0.1, -0.05) is 18.2 Å². The molecule has 2 aromatic rings. The molecule has 1 aliphatic rings. The molecule has 136 valence electrons. The quantitative estimate of drug-likeness (QED) is 0.788. The summed E-state index contributed by atoms with van der Waals surface area (Å²) in [7, 11) is 0. The fourth-order valence-corrected chi connectivity index (χ4v) is 2.81. The van der Waals surface area contributed by atoms with E-state index >= 15 is 0 Å². The Morgan fingerprint density at radius 3 is 2.62 bits per heavy atom. The predicted octanol–water partition coefficient (Wildman–Crippen LogP) is 3.14. The number of carbonyl (C=O) groups excluding carboxylic acids is 1. The first-order valence-electron chi connectivity index (χ1n) is 8.53. The number of hydrogen-bond donors (Lipinski definition) is 1. The van der Waals surface area contributed by atoms with Crippen molar-refractivity contribution >= 4 is 11.9 Å². The Kier molecular flexibility index (Phi) is 5.51. The van der Waals surface area contributed by atoms with Crippen molar-refractivity contribution in [3.8, 4) is 5.75 Å². The molecule has 0 radical (unpaired) electrons. The van der Waals surface area contributed by atoms with Crippen LogP contribution in [0.25, 0.3) is 0 Å². The minimum absolute atomic E-state index is 0.121. The van der Waals surface area contributed by atoms with Crippen LogP contribution in [0.4, 0.5) is 4.39 Å². The SMILES string of the molecule is O=C(O)COc1cccc(C(=O)N(CCc2cccc(F)c2)C2CC2)c1. The highest BCUT2D eigenvalue weighted by Gasteiger charge is 2.32. The minimum atomic E-state index is -1.07. The summed E-state index contributed by atoms with van der Waals surface area (Å²) < 4.78 is 18.5. The summed E-state index contributed by atoms with van der Waals surface area (Å²) in [5, 5.41) is 8.69. The van der Waals surface area contributed by atoms with Gasteiger partial charge in [-0.2, -0.15) is 0 Å². The van der Waals surface area contributed by atoms with Crippen LogP contribution in [-0.2, 0) is 11.2 Å². The number of carbonyl (C=O) groups is 2. The zero-order valence-electron chi connectivity index (χ0n) is 14.2. The minimum Gasteiger partial charge on any atom is -0.482 e. The molecule has 1 saturated carbocycles. The van der Waals surface area contributed by atoms with E-state index in [1.165, 1.54) is 12.1 Å². The van der Waals surface area contributed by atoms with Gasteiger partial charge in [0.2, 0.25) is 0 Å². The molecule has 2 aromatic carbocycles. The lowest BCUT2D eigenvalue weighted by atomic mass is 10.1. The van der Waals surface area contributed by atoms with E-state index in [9.17, 15) is 14.0 Å². The largest absolute Gasteiger partial charge is 0.482 e. The van der Waals surface area contributed by atoms with Crippen molar-refractivity contribution < 1.29 is 23.8 Å². The van der Waals surface area contributed by atoms with Crippen LogP contribution in [-0.4, -0.2) is 41.1 Å². The lowest BCUT2D eigenvalue weighted by molar-refractivity contribution is -0.139. The molecule has 5 nitrogen and oxygen atoms in total. The Bertz CT molecular complexity index is 804. The third kappa shape index (κ3) is 4.81. The molecule has 3 rings (SSSR count). The molecule has 0 heterocycles.